The lowest BCUT2D eigenvalue weighted by Gasteiger charge is -2.05. The minimum absolute atomic E-state index is 0.00529. The SMILES string of the molecule is Cn1c(=O)n(CC2CC2)c2ccc(-c3ccccc3Cl)nc21. The molecular formula is C17H16ClN3O. The zero-order chi connectivity index (χ0) is 15.3. The van der Waals surface area contributed by atoms with Crippen molar-refractivity contribution in [3.63, 3.8) is 0 Å². The second-order valence-electron chi connectivity index (χ2n) is 5.91. The maximum Gasteiger partial charge on any atom is 0.330 e. The fourth-order valence-corrected chi connectivity index (χ4v) is 3.06. The van der Waals surface area contributed by atoms with E-state index in [0.717, 1.165) is 23.3 Å². The molecule has 1 saturated carbocycles. The van der Waals surface area contributed by atoms with Crippen molar-refractivity contribution in [2.24, 2.45) is 13.0 Å². The predicted molar refractivity (Wildman–Crippen MR) is 88.1 cm³/mol. The normalized spacial score (nSPS) is 14.6. The number of fused-ring (bicyclic) bond motifs is 1. The van der Waals surface area contributed by atoms with Crippen molar-refractivity contribution in [1.82, 2.24) is 14.1 Å². The molecule has 1 fully saturated rings. The minimum atomic E-state index is 0.00529. The number of aryl methyl sites for hydroxylation is 1. The number of imidazole rings is 1. The van der Waals surface area contributed by atoms with E-state index in [0.29, 0.717) is 16.6 Å². The monoisotopic (exact) mass is 313 g/mol. The van der Waals surface area contributed by atoms with E-state index in [-0.39, 0.29) is 5.69 Å². The molecule has 0 N–H and O–H groups in total. The molecule has 2 heterocycles. The number of aromatic nitrogens is 3. The zero-order valence-corrected chi connectivity index (χ0v) is 13.0. The van der Waals surface area contributed by atoms with Crippen molar-refractivity contribution in [2.45, 2.75) is 19.4 Å². The van der Waals surface area contributed by atoms with Crippen LogP contribution in [0.3, 0.4) is 0 Å². The van der Waals surface area contributed by atoms with E-state index in [1.807, 2.05) is 41.0 Å². The first kappa shape index (κ1) is 13.6. The summed E-state index contributed by atoms with van der Waals surface area (Å²) in [5.74, 6) is 0.645. The van der Waals surface area contributed by atoms with Crippen LogP contribution in [0.25, 0.3) is 22.4 Å². The smallest absolute Gasteiger partial charge is 0.290 e. The van der Waals surface area contributed by atoms with E-state index in [2.05, 4.69) is 4.98 Å². The summed E-state index contributed by atoms with van der Waals surface area (Å²) in [6.07, 6.45) is 2.43. The summed E-state index contributed by atoms with van der Waals surface area (Å²) in [6, 6.07) is 11.5. The van der Waals surface area contributed by atoms with Gasteiger partial charge in [0.25, 0.3) is 0 Å². The molecule has 0 saturated heterocycles. The highest BCUT2D eigenvalue weighted by atomic mass is 35.5. The van der Waals surface area contributed by atoms with Gasteiger partial charge >= 0.3 is 5.69 Å². The number of halogens is 1. The van der Waals surface area contributed by atoms with Gasteiger partial charge in [0.05, 0.1) is 11.2 Å². The van der Waals surface area contributed by atoms with Crippen molar-refractivity contribution >= 4 is 22.8 Å². The number of hydrogen-bond acceptors (Lipinski definition) is 2. The molecule has 0 bridgehead atoms. The van der Waals surface area contributed by atoms with Gasteiger partial charge in [-0.15, -0.1) is 0 Å². The fraction of sp³-hybridized carbons (Fsp3) is 0.294. The summed E-state index contributed by atoms with van der Waals surface area (Å²) in [6.45, 7) is 0.795. The maximum atomic E-state index is 12.4. The lowest BCUT2D eigenvalue weighted by Crippen LogP contribution is -2.22. The van der Waals surface area contributed by atoms with Crippen LogP contribution >= 0.6 is 11.6 Å². The van der Waals surface area contributed by atoms with Crippen LogP contribution < -0.4 is 5.69 Å². The third-order valence-electron chi connectivity index (χ3n) is 4.27. The summed E-state index contributed by atoms with van der Waals surface area (Å²) in [5, 5.41) is 0.664. The second kappa shape index (κ2) is 4.99. The van der Waals surface area contributed by atoms with Crippen LogP contribution in [0.2, 0.25) is 5.02 Å². The van der Waals surface area contributed by atoms with E-state index in [4.69, 9.17) is 11.6 Å². The van der Waals surface area contributed by atoms with E-state index in [1.54, 1.807) is 11.6 Å². The summed E-state index contributed by atoms with van der Waals surface area (Å²) >= 11 is 6.25. The van der Waals surface area contributed by atoms with Gasteiger partial charge in [0.15, 0.2) is 5.65 Å². The van der Waals surface area contributed by atoms with Crippen molar-refractivity contribution in [2.75, 3.05) is 0 Å². The third-order valence-corrected chi connectivity index (χ3v) is 4.60. The molecule has 4 rings (SSSR count). The van der Waals surface area contributed by atoms with Gasteiger partial charge < -0.3 is 0 Å². The van der Waals surface area contributed by atoms with Gasteiger partial charge in [0, 0.05) is 24.2 Å². The number of rotatable bonds is 3. The molecule has 0 atom stereocenters. The van der Waals surface area contributed by atoms with Gasteiger partial charge in [0.1, 0.15) is 0 Å². The van der Waals surface area contributed by atoms with Gasteiger partial charge in [0.2, 0.25) is 0 Å². The quantitative estimate of drug-likeness (QED) is 0.743. The highest BCUT2D eigenvalue weighted by molar-refractivity contribution is 6.33. The molecule has 4 nitrogen and oxygen atoms in total. The van der Waals surface area contributed by atoms with Crippen molar-refractivity contribution in [3.05, 3.63) is 51.9 Å². The van der Waals surface area contributed by atoms with Crippen LogP contribution in [0.4, 0.5) is 0 Å². The molecular weight excluding hydrogens is 298 g/mol. The third kappa shape index (κ3) is 2.15. The van der Waals surface area contributed by atoms with E-state index >= 15 is 0 Å². The molecule has 2 aromatic heterocycles. The summed E-state index contributed by atoms with van der Waals surface area (Å²) < 4.78 is 3.47. The van der Waals surface area contributed by atoms with Crippen LogP contribution in [-0.2, 0) is 13.6 Å². The highest BCUT2D eigenvalue weighted by Gasteiger charge is 2.24. The lowest BCUT2D eigenvalue weighted by molar-refractivity contribution is 0.609. The Labute approximate surface area is 133 Å². The molecule has 0 radical (unpaired) electrons. The molecule has 0 aliphatic heterocycles. The van der Waals surface area contributed by atoms with Crippen LogP contribution in [0, 0.1) is 5.92 Å². The second-order valence-corrected chi connectivity index (χ2v) is 6.32. The predicted octanol–water partition coefficient (Wildman–Crippen LogP) is 3.47. The van der Waals surface area contributed by atoms with Crippen LogP contribution in [0.15, 0.2) is 41.2 Å². The molecule has 0 amide bonds. The average Bonchev–Trinajstić information content (AvgIpc) is 3.32. The Morgan fingerprint density at radius 2 is 2.00 bits per heavy atom. The van der Waals surface area contributed by atoms with E-state index in [1.165, 1.54) is 12.8 Å². The van der Waals surface area contributed by atoms with Crippen LogP contribution in [-0.4, -0.2) is 14.1 Å². The van der Waals surface area contributed by atoms with Crippen molar-refractivity contribution < 1.29 is 0 Å². The number of hydrogen-bond donors (Lipinski definition) is 0. The Balaban J connectivity index is 1.89. The van der Waals surface area contributed by atoms with Crippen molar-refractivity contribution in [3.8, 4) is 11.3 Å². The standard InChI is InChI=1S/C17H16ClN3O/c1-20-16-15(21(17(20)22)10-11-6-7-11)9-8-14(19-16)12-4-2-3-5-13(12)18/h2-5,8-9,11H,6-7,10H2,1H3. The van der Waals surface area contributed by atoms with E-state index in [9.17, 15) is 4.79 Å². The minimum Gasteiger partial charge on any atom is -0.290 e. The van der Waals surface area contributed by atoms with E-state index < -0.39 is 0 Å². The van der Waals surface area contributed by atoms with Crippen LogP contribution in [0.5, 0.6) is 0 Å². The largest absolute Gasteiger partial charge is 0.330 e. The topological polar surface area (TPSA) is 39.8 Å². The Morgan fingerprint density at radius 3 is 2.73 bits per heavy atom. The number of benzene rings is 1. The average molecular weight is 314 g/mol. The Hall–Kier alpha value is -2.07. The first-order valence-corrected chi connectivity index (χ1v) is 7.84. The van der Waals surface area contributed by atoms with Gasteiger partial charge in [-0.2, -0.15) is 0 Å². The molecule has 3 aromatic rings. The summed E-state index contributed by atoms with van der Waals surface area (Å²) in [5.41, 5.74) is 3.29. The first-order valence-electron chi connectivity index (χ1n) is 7.46. The maximum absolute atomic E-state index is 12.4. The highest BCUT2D eigenvalue weighted by Crippen LogP contribution is 2.32. The van der Waals surface area contributed by atoms with Gasteiger partial charge in [-0.1, -0.05) is 29.8 Å². The fourth-order valence-electron chi connectivity index (χ4n) is 2.83. The van der Waals surface area contributed by atoms with Gasteiger partial charge in [-0.25, -0.2) is 9.78 Å². The summed E-state index contributed by atoms with van der Waals surface area (Å²) in [4.78, 5) is 17.1. The Bertz CT molecular complexity index is 921. The van der Waals surface area contributed by atoms with Gasteiger partial charge in [-0.3, -0.25) is 9.13 Å². The number of nitrogens with zero attached hydrogens (tertiary/aromatic N) is 3. The molecule has 22 heavy (non-hydrogen) atoms. The first-order chi connectivity index (χ1) is 10.6. The molecule has 0 unspecified atom stereocenters. The molecule has 0 spiro atoms. The zero-order valence-electron chi connectivity index (χ0n) is 12.3. The Kier molecular flexibility index (Phi) is 3.08. The van der Waals surface area contributed by atoms with Crippen LogP contribution in [0.1, 0.15) is 12.8 Å². The molecule has 1 aliphatic carbocycles. The van der Waals surface area contributed by atoms with Crippen molar-refractivity contribution in [1.29, 1.82) is 0 Å². The Morgan fingerprint density at radius 1 is 1.23 bits per heavy atom. The number of pyridine rings is 1. The molecule has 1 aromatic carbocycles. The molecule has 5 heteroatoms. The lowest BCUT2D eigenvalue weighted by atomic mass is 10.1. The van der Waals surface area contributed by atoms with Gasteiger partial charge in [-0.05, 0) is 37.0 Å². The molecule has 1 aliphatic rings. The molecule has 112 valence electrons. The summed E-state index contributed by atoms with van der Waals surface area (Å²) in [7, 11) is 1.78.